The van der Waals surface area contributed by atoms with Crippen LogP contribution in [-0.4, -0.2) is 30.6 Å². The molecule has 0 spiro atoms. The Labute approximate surface area is 230 Å². The van der Waals surface area contributed by atoms with Gasteiger partial charge in [0.05, 0.1) is 5.69 Å². The van der Waals surface area contributed by atoms with Gasteiger partial charge in [0.1, 0.15) is 28.2 Å². The van der Waals surface area contributed by atoms with Crippen LogP contribution in [0.25, 0.3) is 16.8 Å². The van der Waals surface area contributed by atoms with Crippen LogP contribution in [0.15, 0.2) is 52.2 Å². The molecule has 4 aromatic rings. The number of rotatable bonds is 8. The van der Waals surface area contributed by atoms with Gasteiger partial charge in [-0.15, -0.1) is 5.10 Å². The molecule has 1 aliphatic carbocycles. The smallest absolute Gasteiger partial charge is 0.248 e. The Kier molecular flexibility index (Phi) is 6.84. The molecule has 37 heavy (non-hydrogen) atoms. The van der Waals surface area contributed by atoms with E-state index in [4.69, 9.17) is 20.3 Å². The van der Waals surface area contributed by atoms with Crippen LogP contribution in [0.4, 0.5) is 10.2 Å². The van der Waals surface area contributed by atoms with E-state index in [0.717, 1.165) is 33.0 Å². The summed E-state index contributed by atoms with van der Waals surface area (Å²) in [5, 5.41) is 9.25. The average molecular weight is 632 g/mol. The lowest BCUT2D eigenvalue weighted by Gasteiger charge is -2.19. The fraction of sp³-hybridized carbons (Fsp3) is 0.269. The standard InChI is InChI=1S/C26H25Br2FN6O2/c1-13(24-22(28)26(33-35(24)4)37-17-6-7-17)20-12-34(3)32-23(20)18-8-5-16(29)10-19(18)14(2)36-21-9-15(27)11-31-25(21)30/h5,8-12,14,17H,1,6-7H2,2-4H3,(H2,30,31)/t14-/m1/s1. The molecule has 1 aliphatic rings. The van der Waals surface area contributed by atoms with E-state index in [1.54, 1.807) is 27.7 Å². The maximum Gasteiger partial charge on any atom is 0.248 e. The lowest BCUT2D eigenvalue weighted by Crippen LogP contribution is -2.08. The third-order valence-electron chi connectivity index (χ3n) is 6.06. The molecule has 1 saturated carbocycles. The molecule has 1 fully saturated rings. The molecular formula is C26H25Br2FN6O2. The number of hydrogen-bond acceptors (Lipinski definition) is 6. The number of halogens is 3. The maximum absolute atomic E-state index is 14.5. The van der Waals surface area contributed by atoms with Crippen molar-refractivity contribution in [1.29, 1.82) is 0 Å². The molecule has 1 atom stereocenters. The highest BCUT2D eigenvalue weighted by atomic mass is 79.9. The highest BCUT2D eigenvalue weighted by molar-refractivity contribution is 9.10. The summed E-state index contributed by atoms with van der Waals surface area (Å²) in [5.74, 6) is 0.785. The molecule has 11 heteroatoms. The lowest BCUT2D eigenvalue weighted by atomic mass is 9.95. The Hall–Kier alpha value is -3.18. The van der Waals surface area contributed by atoms with Crippen molar-refractivity contribution in [3.8, 4) is 22.9 Å². The van der Waals surface area contributed by atoms with Crippen molar-refractivity contribution in [3.05, 3.63) is 74.8 Å². The van der Waals surface area contributed by atoms with Gasteiger partial charge in [-0.3, -0.25) is 9.36 Å². The van der Waals surface area contributed by atoms with Crippen LogP contribution in [0, 0.1) is 5.82 Å². The number of nitrogen functional groups attached to an aromatic ring is 1. The third-order valence-corrected chi connectivity index (χ3v) is 7.21. The van der Waals surface area contributed by atoms with Gasteiger partial charge in [-0.25, -0.2) is 9.37 Å². The predicted octanol–water partition coefficient (Wildman–Crippen LogP) is 6.20. The minimum atomic E-state index is -0.561. The Morgan fingerprint density at radius 1 is 1.22 bits per heavy atom. The Balaban J connectivity index is 1.55. The van der Waals surface area contributed by atoms with Crippen molar-refractivity contribution >= 4 is 43.3 Å². The van der Waals surface area contributed by atoms with E-state index in [2.05, 4.69) is 48.5 Å². The first-order valence-electron chi connectivity index (χ1n) is 11.6. The van der Waals surface area contributed by atoms with Gasteiger partial charge in [0.15, 0.2) is 11.6 Å². The SMILES string of the molecule is C=C(c1cn(C)nc1-c1ccc(F)cc1[C@@H](C)Oc1cc(Br)cnc1N)c1c(Br)c(OC2CC2)nn1C. The zero-order chi connectivity index (χ0) is 26.4. The van der Waals surface area contributed by atoms with Crippen LogP contribution in [0.1, 0.15) is 42.7 Å². The number of pyridine rings is 1. The molecule has 5 rings (SSSR count). The topological polar surface area (TPSA) is 93.0 Å². The summed E-state index contributed by atoms with van der Waals surface area (Å²) in [5.41, 5.74) is 10.2. The van der Waals surface area contributed by atoms with Crippen molar-refractivity contribution in [2.75, 3.05) is 5.73 Å². The first-order valence-corrected chi connectivity index (χ1v) is 13.2. The summed E-state index contributed by atoms with van der Waals surface area (Å²) in [7, 11) is 3.67. The van der Waals surface area contributed by atoms with Gasteiger partial charge >= 0.3 is 0 Å². The van der Waals surface area contributed by atoms with Crippen LogP contribution >= 0.6 is 31.9 Å². The number of benzene rings is 1. The summed E-state index contributed by atoms with van der Waals surface area (Å²) in [6.45, 7) is 6.20. The molecule has 0 saturated heterocycles. The van der Waals surface area contributed by atoms with E-state index in [1.165, 1.54) is 12.1 Å². The summed E-state index contributed by atoms with van der Waals surface area (Å²) in [6.07, 6.45) is 5.17. The summed E-state index contributed by atoms with van der Waals surface area (Å²) in [6, 6.07) is 6.28. The largest absolute Gasteiger partial charge is 0.482 e. The molecule has 2 N–H and O–H groups in total. The molecule has 8 nitrogen and oxygen atoms in total. The van der Waals surface area contributed by atoms with Gasteiger partial charge in [0.25, 0.3) is 0 Å². The predicted molar refractivity (Wildman–Crippen MR) is 147 cm³/mol. The number of nitrogens with two attached hydrogens (primary N) is 1. The molecule has 0 radical (unpaired) electrons. The first kappa shape index (κ1) is 25.5. The van der Waals surface area contributed by atoms with E-state index < -0.39 is 6.10 Å². The number of aromatic nitrogens is 5. The number of ether oxygens (including phenoxy) is 2. The zero-order valence-electron chi connectivity index (χ0n) is 20.5. The third kappa shape index (κ3) is 5.15. The fourth-order valence-electron chi connectivity index (χ4n) is 4.12. The summed E-state index contributed by atoms with van der Waals surface area (Å²) >= 11 is 7.04. The minimum absolute atomic E-state index is 0.207. The van der Waals surface area contributed by atoms with Gasteiger partial charge in [-0.1, -0.05) is 6.58 Å². The van der Waals surface area contributed by atoms with Crippen molar-refractivity contribution in [2.24, 2.45) is 14.1 Å². The molecule has 0 aliphatic heterocycles. The maximum atomic E-state index is 14.5. The van der Waals surface area contributed by atoms with E-state index in [9.17, 15) is 4.39 Å². The first-order chi connectivity index (χ1) is 17.6. The second-order valence-corrected chi connectivity index (χ2v) is 10.7. The van der Waals surface area contributed by atoms with Gasteiger partial charge in [-0.05, 0) is 75.9 Å². The van der Waals surface area contributed by atoms with E-state index >= 15 is 0 Å². The van der Waals surface area contributed by atoms with Crippen molar-refractivity contribution in [3.63, 3.8) is 0 Å². The summed E-state index contributed by atoms with van der Waals surface area (Å²) < 4.78 is 31.4. The second kappa shape index (κ2) is 9.94. The van der Waals surface area contributed by atoms with Gasteiger partial charge in [-0.2, -0.15) is 5.10 Å². The van der Waals surface area contributed by atoms with E-state index in [1.807, 2.05) is 27.2 Å². The van der Waals surface area contributed by atoms with Crippen molar-refractivity contribution < 1.29 is 13.9 Å². The fourth-order valence-corrected chi connectivity index (χ4v) is 5.10. The van der Waals surface area contributed by atoms with Crippen LogP contribution in [0.2, 0.25) is 0 Å². The van der Waals surface area contributed by atoms with Crippen molar-refractivity contribution in [2.45, 2.75) is 32.0 Å². The molecule has 3 aromatic heterocycles. The number of nitrogens with zero attached hydrogens (tertiary/aromatic N) is 5. The van der Waals surface area contributed by atoms with Crippen LogP contribution in [-0.2, 0) is 14.1 Å². The van der Waals surface area contributed by atoms with Crippen LogP contribution in [0.5, 0.6) is 11.6 Å². The number of anilines is 1. The molecule has 192 valence electrons. The monoisotopic (exact) mass is 630 g/mol. The van der Waals surface area contributed by atoms with E-state index in [-0.39, 0.29) is 17.7 Å². The highest BCUT2D eigenvalue weighted by Crippen LogP contribution is 2.41. The molecule has 1 aromatic carbocycles. The van der Waals surface area contributed by atoms with Crippen molar-refractivity contribution in [1.82, 2.24) is 24.5 Å². The Morgan fingerprint density at radius 2 is 1.97 bits per heavy atom. The molecule has 0 amide bonds. The quantitative estimate of drug-likeness (QED) is 0.249. The minimum Gasteiger partial charge on any atom is -0.482 e. The Bertz CT molecular complexity index is 1510. The summed E-state index contributed by atoms with van der Waals surface area (Å²) in [4.78, 5) is 4.12. The Morgan fingerprint density at radius 3 is 2.70 bits per heavy atom. The molecule has 3 heterocycles. The highest BCUT2D eigenvalue weighted by Gasteiger charge is 2.29. The van der Waals surface area contributed by atoms with Gasteiger partial charge in [0.2, 0.25) is 5.88 Å². The molecular weight excluding hydrogens is 607 g/mol. The van der Waals surface area contributed by atoms with Crippen LogP contribution < -0.4 is 15.2 Å². The number of hydrogen-bond donors (Lipinski definition) is 1. The normalized spacial score (nSPS) is 14.0. The second-order valence-electron chi connectivity index (χ2n) is 8.98. The van der Waals surface area contributed by atoms with Crippen LogP contribution in [0.3, 0.4) is 0 Å². The van der Waals surface area contributed by atoms with Gasteiger partial charge < -0.3 is 15.2 Å². The molecule has 0 bridgehead atoms. The average Bonchev–Trinajstić information content (AvgIpc) is 3.51. The lowest BCUT2D eigenvalue weighted by molar-refractivity contribution is 0.227. The zero-order valence-corrected chi connectivity index (χ0v) is 23.7. The number of aryl methyl sites for hydroxylation is 2. The van der Waals surface area contributed by atoms with Gasteiger partial charge in [0, 0.05) is 53.2 Å². The molecule has 0 unspecified atom stereocenters. The van der Waals surface area contributed by atoms with E-state index in [0.29, 0.717) is 34.0 Å².